The van der Waals surface area contributed by atoms with E-state index in [4.69, 9.17) is 9.47 Å². The highest BCUT2D eigenvalue weighted by molar-refractivity contribution is 5.90. The predicted octanol–water partition coefficient (Wildman–Crippen LogP) is 9.00. The van der Waals surface area contributed by atoms with E-state index in [2.05, 4.69) is 24.0 Å². The van der Waals surface area contributed by atoms with E-state index in [-0.39, 0.29) is 17.7 Å². The lowest BCUT2D eigenvalue weighted by Gasteiger charge is -2.37. The van der Waals surface area contributed by atoms with Crippen LogP contribution < -0.4 is 9.64 Å². The highest BCUT2D eigenvalue weighted by Crippen LogP contribution is 2.48. The second kappa shape index (κ2) is 14.0. The maximum absolute atomic E-state index is 13.9. The van der Waals surface area contributed by atoms with E-state index < -0.39 is 5.60 Å². The standard InChI is InChI=1S/C33H37FN2O4.2C2H6/c1-4-39-29-19-23(18-28(37)30(29)24-5-10-27(34)22(2)17-24)20-35-15-13-33(14-16-35)21-36(31(38)40-33)26-8-6-25(7-9-26)32(3)11-12-32;2*1-2/h5-10,17-19,37H,4,11-16,20-21H2,1-3H3;2*1-2H3. The lowest BCUT2D eigenvalue weighted by molar-refractivity contribution is -0.00100. The largest absolute Gasteiger partial charge is 0.507 e. The summed E-state index contributed by atoms with van der Waals surface area (Å²) in [4.78, 5) is 17.0. The van der Waals surface area contributed by atoms with E-state index in [0.29, 0.717) is 42.0 Å². The predicted molar refractivity (Wildman–Crippen MR) is 176 cm³/mol. The molecule has 238 valence electrons. The van der Waals surface area contributed by atoms with E-state index in [0.717, 1.165) is 42.7 Å². The number of ether oxygens (including phenoxy) is 2. The zero-order chi connectivity index (χ0) is 32.1. The maximum Gasteiger partial charge on any atom is 0.415 e. The van der Waals surface area contributed by atoms with Gasteiger partial charge in [0.25, 0.3) is 0 Å². The molecular formula is C37H49FN2O4. The quantitative estimate of drug-likeness (QED) is 0.292. The van der Waals surface area contributed by atoms with E-state index in [1.807, 2.05) is 52.8 Å². The average molecular weight is 605 g/mol. The highest BCUT2D eigenvalue weighted by atomic mass is 19.1. The summed E-state index contributed by atoms with van der Waals surface area (Å²) in [5, 5.41) is 11.0. The number of aromatic hydroxyl groups is 1. The Kier molecular flexibility index (Phi) is 10.6. The molecule has 2 aliphatic heterocycles. The van der Waals surface area contributed by atoms with Gasteiger partial charge in [0.05, 0.1) is 18.7 Å². The van der Waals surface area contributed by atoms with Crippen LogP contribution in [0.2, 0.25) is 0 Å². The van der Waals surface area contributed by atoms with Crippen LogP contribution >= 0.6 is 0 Å². The number of benzene rings is 3. The molecule has 0 unspecified atom stereocenters. The summed E-state index contributed by atoms with van der Waals surface area (Å²) in [6.45, 7) is 17.1. The fourth-order valence-electron chi connectivity index (χ4n) is 6.09. The normalized spacial score (nSPS) is 18.1. The summed E-state index contributed by atoms with van der Waals surface area (Å²) < 4.78 is 25.8. The molecule has 0 atom stereocenters. The Bertz CT molecular complexity index is 1430. The molecule has 0 bridgehead atoms. The molecule has 0 aromatic heterocycles. The van der Waals surface area contributed by atoms with Crippen molar-refractivity contribution in [3.8, 4) is 22.6 Å². The average Bonchev–Trinajstić information content (AvgIpc) is 3.70. The third-order valence-corrected chi connectivity index (χ3v) is 8.91. The number of rotatable bonds is 7. The zero-order valence-electron chi connectivity index (χ0n) is 27.5. The lowest BCUT2D eigenvalue weighted by atomic mass is 9.90. The number of carbonyl (C=O) groups excluding carboxylic acids is 1. The first kappa shape index (κ1) is 33.3. The van der Waals surface area contributed by atoms with Crippen LogP contribution in [-0.2, 0) is 16.7 Å². The van der Waals surface area contributed by atoms with Crippen molar-refractivity contribution in [1.82, 2.24) is 4.90 Å². The monoisotopic (exact) mass is 604 g/mol. The van der Waals surface area contributed by atoms with Crippen LogP contribution in [0.1, 0.15) is 83.9 Å². The first-order chi connectivity index (χ1) is 21.2. The Balaban J connectivity index is 0.00000106. The Morgan fingerprint density at radius 3 is 2.20 bits per heavy atom. The van der Waals surface area contributed by atoms with E-state index in [9.17, 15) is 14.3 Å². The number of phenols is 1. The van der Waals surface area contributed by atoms with Crippen molar-refractivity contribution < 1.29 is 23.8 Å². The molecule has 1 spiro atoms. The van der Waals surface area contributed by atoms with Gasteiger partial charge in [-0.2, -0.15) is 0 Å². The first-order valence-corrected chi connectivity index (χ1v) is 16.3. The molecule has 2 heterocycles. The number of halogens is 1. The van der Waals surface area contributed by atoms with Crippen molar-refractivity contribution in [3.63, 3.8) is 0 Å². The van der Waals surface area contributed by atoms with Crippen molar-refractivity contribution in [2.75, 3.05) is 31.1 Å². The van der Waals surface area contributed by atoms with Gasteiger partial charge in [0.15, 0.2) is 0 Å². The minimum absolute atomic E-state index is 0.113. The van der Waals surface area contributed by atoms with Crippen molar-refractivity contribution in [1.29, 1.82) is 0 Å². The molecule has 1 aliphatic carbocycles. The number of amides is 1. The van der Waals surface area contributed by atoms with E-state index in [1.54, 1.807) is 30.0 Å². The zero-order valence-corrected chi connectivity index (χ0v) is 27.5. The summed E-state index contributed by atoms with van der Waals surface area (Å²) in [5.74, 6) is 0.416. The molecule has 3 fully saturated rings. The molecule has 1 saturated carbocycles. The van der Waals surface area contributed by atoms with Crippen LogP contribution in [0.4, 0.5) is 14.9 Å². The number of aryl methyl sites for hydroxylation is 1. The van der Waals surface area contributed by atoms with Crippen molar-refractivity contribution in [2.24, 2.45) is 0 Å². The van der Waals surface area contributed by atoms with Gasteiger partial charge in [0.2, 0.25) is 0 Å². The molecular weight excluding hydrogens is 555 g/mol. The van der Waals surface area contributed by atoms with Crippen LogP contribution in [0.15, 0.2) is 54.6 Å². The van der Waals surface area contributed by atoms with Crippen LogP contribution in [0, 0.1) is 12.7 Å². The molecule has 2 saturated heterocycles. The number of phenolic OH excluding ortho intramolecular Hbond substituents is 1. The number of hydrogen-bond donors (Lipinski definition) is 1. The molecule has 7 heteroatoms. The number of anilines is 1. The molecule has 6 nitrogen and oxygen atoms in total. The molecule has 1 N–H and O–H groups in total. The van der Waals surface area contributed by atoms with Gasteiger partial charge in [0.1, 0.15) is 22.9 Å². The van der Waals surface area contributed by atoms with Crippen LogP contribution in [0.25, 0.3) is 11.1 Å². The summed E-state index contributed by atoms with van der Waals surface area (Å²) in [6, 6.07) is 16.9. The lowest BCUT2D eigenvalue weighted by Crippen LogP contribution is -2.46. The van der Waals surface area contributed by atoms with Crippen molar-refractivity contribution >= 4 is 11.8 Å². The molecule has 1 amide bonds. The van der Waals surface area contributed by atoms with Gasteiger partial charge in [-0.1, -0.05) is 52.8 Å². The molecule has 0 radical (unpaired) electrons. The Hall–Kier alpha value is -3.58. The number of hydrogen-bond acceptors (Lipinski definition) is 5. The van der Waals surface area contributed by atoms with Crippen molar-refractivity contribution in [3.05, 3.63) is 77.1 Å². The van der Waals surface area contributed by atoms with Crippen LogP contribution in [0.3, 0.4) is 0 Å². The smallest absolute Gasteiger partial charge is 0.415 e. The van der Waals surface area contributed by atoms with Gasteiger partial charge in [-0.3, -0.25) is 9.80 Å². The Morgan fingerprint density at radius 2 is 1.61 bits per heavy atom. The summed E-state index contributed by atoms with van der Waals surface area (Å²) in [5.41, 5.74) is 4.81. The third kappa shape index (κ3) is 7.04. The SMILES string of the molecule is CC.CC.CCOc1cc(CN2CCC3(CC2)CN(c2ccc(C4(C)CC4)cc2)C(=O)O3)cc(O)c1-c1ccc(F)c(C)c1. The van der Waals surface area contributed by atoms with Crippen LogP contribution in [0.5, 0.6) is 11.5 Å². The minimum Gasteiger partial charge on any atom is -0.507 e. The van der Waals surface area contributed by atoms with Gasteiger partial charge >= 0.3 is 6.09 Å². The van der Waals surface area contributed by atoms with Gasteiger partial charge in [-0.15, -0.1) is 0 Å². The first-order valence-electron chi connectivity index (χ1n) is 16.3. The van der Waals surface area contributed by atoms with Crippen molar-refractivity contribution in [2.45, 2.75) is 91.7 Å². The molecule has 3 aromatic rings. The van der Waals surface area contributed by atoms with Gasteiger partial charge < -0.3 is 14.6 Å². The second-order valence-electron chi connectivity index (χ2n) is 11.9. The minimum atomic E-state index is -0.475. The van der Waals surface area contributed by atoms with Gasteiger partial charge in [-0.05, 0) is 90.8 Å². The number of likely N-dealkylation sites (tertiary alicyclic amines) is 1. The second-order valence-corrected chi connectivity index (χ2v) is 11.9. The number of piperidine rings is 1. The van der Waals surface area contributed by atoms with Gasteiger partial charge in [-0.25, -0.2) is 9.18 Å². The van der Waals surface area contributed by atoms with E-state index >= 15 is 0 Å². The number of nitrogens with zero attached hydrogens (tertiary/aromatic N) is 2. The summed E-state index contributed by atoms with van der Waals surface area (Å²) in [7, 11) is 0. The molecule has 6 rings (SSSR count). The third-order valence-electron chi connectivity index (χ3n) is 8.91. The maximum atomic E-state index is 13.9. The highest BCUT2D eigenvalue weighted by Gasteiger charge is 2.47. The molecule has 44 heavy (non-hydrogen) atoms. The Morgan fingerprint density at radius 1 is 0.955 bits per heavy atom. The van der Waals surface area contributed by atoms with E-state index in [1.165, 1.54) is 24.5 Å². The van der Waals surface area contributed by atoms with Crippen LogP contribution in [-0.4, -0.2) is 47.9 Å². The Labute approximate surface area is 262 Å². The molecule has 3 aromatic carbocycles. The topological polar surface area (TPSA) is 62.2 Å². The fourth-order valence-corrected chi connectivity index (χ4v) is 6.09. The summed E-state index contributed by atoms with van der Waals surface area (Å²) >= 11 is 0. The summed E-state index contributed by atoms with van der Waals surface area (Å²) in [6.07, 6.45) is 3.69. The van der Waals surface area contributed by atoms with Gasteiger partial charge in [0, 0.05) is 38.2 Å². The molecule has 3 aliphatic rings. The fraction of sp³-hybridized carbons (Fsp3) is 0.486. The number of carbonyl (C=O) groups is 1.